The molecule has 0 atom stereocenters. The standard InChI is InChI=1S/C8H5N5O/c9-12-11-8(14)7-6-3-1-2-4-13(6)5-10-7/h1-5H. The first-order valence-corrected chi connectivity index (χ1v) is 3.84. The number of fused-ring (bicyclic) bond motifs is 1. The Bertz CT molecular complexity index is 537. The SMILES string of the molecule is [N-]=[N+]=NC(=O)c1ncn2ccccc12. The second-order valence-electron chi connectivity index (χ2n) is 2.58. The monoisotopic (exact) mass is 187 g/mol. The fourth-order valence-electron chi connectivity index (χ4n) is 1.20. The molecular weight excluding hydrogens is 182 g/mol. The minimum absolute atomic E-state index is 0.170. The van der Waals surface area contributed by atoms with Crippen LogP contribution in [0.1, 0.15) is 10.5 Å². The van der Waals surface area contributed by atoms with Gasteiger partial charge in [-0.1, -0.05) is 6.07 Å². The molecule has 2 aromatic rings. The van der Waals surface area contributed by atoms with E-state index in [0.717, 1.165) is 0 Å². The third-order valence-electron chi connectivity index (χ3n) is 1.78. The maximum absolute atomic E-state index is 11.2. The van der Waals surface area contributed by atoms with E-state index in [9.17, 15) is 4.79 Å². The highest BCUT2D eigenvalue weighted by atomic mass is 16.1. The molecule has 0 radical (unpaired) electrons. The van der Waals surface area contributed by atoms with Crippen molar-refractivity contribution >= 4 is 11.4 Å². The summed E-state index contributed by atoms with van der Waals surface area (Å²) in [6.07, 6.45) is 3.25. The van der Waals surface area contributed by atoms with Gasteiger partial charge in [0, 0.05) is 11.1 Å². The van der Waals surface area contributed by atoms with Crippen LogP contribution >= 0.6 is 0 Å². The normalized spacial score (nSPS) is 9.71. The maximum atomic E-state index is 11.2. The van der Waals surface area contributed by atoms with E-state index >= 15 is 0 Å². The number of hydrogen-bond donors (Lipinski definition) is 0. The number of carbonyl (C=O) groups is 1. The van der Waals surface area contributed by atoms with Crippen molar-refractivity contribution in [1.82, 2.24) is 9.38 Å². The van der Waals surface area contributed by atoms with Crippen LogP contribution in [0.4, 0.5) is 0 Å². The van der Waals surface area contributed by atoms with Gasteiger partial charge in [-0.2, -0.15) is 0 Å². The van der Waals surface area contributed by atoms with Gasteiger partial charge in [0.05, 0.1) is 5.52 Å². The fourth-order valence-corrected chi connectivity index (χ4v) is 1.20. The number of carbonyl (C=O) groups excluding carboxylic acids is 1. The average molecular weight is 187 g/mol. The quantitative estimate of drug-likeness (QED) is 0.387. The lowest BCUT2D eigenvalue weighted by Gasteiger charge is -1.91. The van der Waals surface area contributed by atoms with Crippen LogP contribution in [0.25, 0.3) is 16.0 Å². The zero-order valence-electron chi connectivity index (χ0n) is 7.03. The van der Waals surface area contributed by atoms with E-state index in [4.69, 9.17) is 5.53 Å². The Morgan fingerprint density at radius 1 is 1.57 bits per heavy atom. The molecule has 0 aromatic carbocycles. The largest absolute Gasteiger partial charge is 0.306 e. The number of imidazole rings is 1. The van der Waals surface area contributed by atoms with Gasteiger partial charge in [-0.25, -0.2) is 4.98 Å². The zero-order valence-corrected chi connectivity index (χ0v) is 7.03. The van der Waals surface area contributed by atoms with Crippen LogP contribution in [-0.4, -0.2) is 15.3 Å². The summed E-state index contributed by atoms with van der Waals surface area (Å²) >= 11 is 0. The van der Waals surface area contributed by atoms with E-state index < -0.39 is 5.91 Å². The average Bonchev–Trinajstić information content (AvgIpc) is 2.61. The minimum Gasteiger partial charge on any atom is -0.306 e. The smallest absolute Gasteiger partial charge is 0.269 e. The van der Waals surface area contributed by atoms with Crippen molar-refractivity contribution in [2.45, 2.75) is 0 Å². The molecule has 0 spiro atoms. The Morgan fingerprint density at radius 2 is 2.43 bits per heavy atom. The second-order valence-corrected chi connectivity index (χ2v) is 2.58. The molecule has 6 nitrogen and oxygen atoms in total. The molecule has 0 saturated heterocycles. The first-order chi connectivity index (χ1) is 6.83. The third-order valence-corrected chi connectivity index (χ3v) is 1.78. The van der Waals surface area contributed by atoms with E-state index in [2.05, 4.69) is 15.0 Å². The Hall–Kier alpha value is -2.33. The molecule has 14 heavy (non-hydrogen) atoms. The molecule has 0 bridgehead atoms. The van der Waals surface area contributed by atoms with Crippen molar-refractivity contribution < 1.29 is 4.79 Å². The van der Waals surface area contributed by atoms with Crippen LogP contribution in [0.3, 0.4) is 0 Å². The number of hydrogen-bond acceptors (Lipinski definition) is 2. The van der Waals surface area contributed by atoms with Gasteiger partial charge < -0.3 is 4.40 Å². The minimum atomic E-state index is -0.666. The first-order valence-electron chi connectivity index (χ1n) is 3.84. The molecule has 1 amide bonds. The Kier molecular flexibility index (Phi) is 1.89. The van der Waals surface area contributed by atoms with Crippen LogP contribution in [-0.2, 0) is 0 Å². The van der Waals surface area contributed by atoms with Crippen molar-refractivity contribution in [3.8, 4) is 0 Å². The molecule has 0 aliphatic rings. The molecule has 2 aromatic heterocycles. The van der Waals surface area contributed by atoms with Crippen molar-refractivity contribution in [3.63, 3.8) is 0 Å². The summed E-state index contributed by atoms with van der Waals surface area (Å²) < 4.78 is 1.68. The summed E-state index contributed by atoms with van der Waals surface area (Å²) in [6, 6.07) is 5.33. The summed E-state index contributed by atoms with van der Waals surface area (Å²) in [5.41, 5.74) is 8.91. The highest BCUT2D eigenvalue weighted by Crippen LogP contribution is 2.09. The van der Waals surface area contributed by atoms with Gasteiger partial charge >= 0.3 is 0 Å². The van der Waals surface area contributed by atoms with Gasteiger partial charge in [0.1, 0.15) is 12.0 Å². The number of pyridine rings is 1. The molecular formula is C8H5N5O. The van der Waals surface area contributed by atoms with E-state index in [1.807, 2.05) is 6.07 Å². The number of aromatic nitrogens is 2. The van der Waals surface area contributed by atoms with Crippen LogP contribution in [0.2, 0.25) is 0 Å². The molecule has 0 saturated carbocycles. The predicted octanol–water partition coefficient (Wildman–Crippen LogP) is 1.78. The lowest BCUT2D eigenvalue weighted by atomic mass is 10.3. The van der Waals surface area contributed by atoms with Gasteiger partial charge in [0.15, 0.2) is 0 Å². The summed E-state index contributed by atoms with van der Waals surface area (Å²) in [5, 5.41) is 2.98. The fraction of sp³-hybridized carbons (Fsp3) is 0. The number of amides is 1. The van der Waals surface area contributed by atoms with Crippen LogP contribution in [0.5, 0.6) is 0 Å². The maximum Gasteiger partial charge on any atom is 0.269 e. The molecule has 68 valence electrons. The van der Waals surface area contributed by atoms with Crippen LogP contribution in [0.15, 0.2) is 35.8 Å². The van der Waals surface area contributed by atoms with Crippen LogP contribution in [0, 0.1) is 0 Å². The van der Waals surface area contributed by atoms with E-state index in [1.54, 1.807) is 22.7 Å². The van der Waals surface area contributed by atoms with Crippen molar-refractivity contribution in [2.24, 2.45) is 5.11 Å². The molecule has 2 heterocycles. The van der Waals surface area contributed by atoms with Gasteiger partial charge in [-0.15, -0.1) is 0 Å². The number of nitrogens with zero attached hydrogens (tertiary/aromatic N) is 5. The summed E-state index contributed by atoms with van der Waals surface area (Å²) in [5.74, 6) is -0.666. The molecule has 6 heteroatoms. The molecule has 2 rings (SSSR count). The second kappa shape index (κ2) is 3.20. The molecule has 0 N–H and O–H groups in total. The summed E-state index contributed by atoms with van der Waals surface area (Å²) in [6.45, 7) is 0. The van der Waals surface area contributed by atoms with Gasteiger partial charge in [0.25, 0.3) is 5.91 Å². The van der Waals surface area contributed by atoms with Gasteiger partial charge in [-0.3, -0.25) is 4.79 Å². The highest BCUT2D eigenvalue weighted by Gasteiger charge is 2.10. The third kappa shape index (κ3) is 1.19. The zero-order chi connectivity index (χ0) is 9.97. The van der Waals surface area contributed by atoms with Crippen molar-refractivity contribution in [1.29, 1.82) is 0 Å². The predicted molar refractivity (Wildman–Crippen MR) is 48.7 cm³/mol. The van der Waals surface area contributed by atoms with Crippen LogP contribution < -0.4 is 0 Å². The van der Waals surface area contributed by atoms with Gasteiger partial charge in [-0.05, 0) is 22.8 Å². The topological polar surface area (TPSA) is 83.1 Å². The van der Waals surface area contributed by atoms with E-state index in [0.29, 0.717) is 5.52 Å². The highest BCUT2D eigenvalue weighted by molar-refractivity contribution is 5.99. The number of rotatable bonds is 1. The summed E-state index contributed by atoms with van der Waals surface area (Å²) in [7, 11) is 0. The van der Waals surface area contributed by atoms with Crippen molar-refractivity contribution in [3.05, 3.63) is 46.9 Å². The number of azide groups is 1. The van der Waals surface area contributed by atoms with E-state index in [1.165, 1.54) is 6.33 Å². The Balaban J connectivity index is 2.64. The van der Waals surface area contributed by atoms with E-state index in [-0.39, 0.29) is 5.69 Å². The lowest BCUT2D eigenvalue weighted by molar-refractivity contribution is 0.0998. The molecule has 0 unspecified atom stereocenters. The summed E-state index contributed by atoms with van der Waals surface area (Å²) in [4.78, 5) is 17.5. The first kappa shape index (κ1) is 8.28. The van der Waals surface area contributed by atoms with Crippen molar-refractivity contribution in [2.75, 3.05) is 0 Å². The molecule has 0 aliphatic carbocycles. The Labute approximate surface area is 78.4 Å². The lowest BCUT2D eigenvalue weighted by Crippen LogP contribution is -1.94. The molecule has 0 fully saturated rings. The molecule has 0 aliphatic heterocycles. The Morgan fingerprint density at radius 3 is 3.21 bits per heavy atom. The van der Waals surface area contributed by atoms with Gasteiger partial charge in [0.2, 0.25) is 0 Å².